The number of carbonyl (C=O) groups is 1. The first-order valence-electron chi connectivity index (χ1n) is 9.27. The van der Waals surface area contributed by atoms with Crippen LogP contribution in [0.25, 0.3) is 0 Å². The molecule has 130 valence electrons. The van der Waals surface area contributed by atoms with Crippen molar-refractivity contribution >= 4 is 5.97 Å². The molecule has 1 fully saturated rings. The van der Waals surface area contributed by atoms with Crippen molar-refractivity contribution in [2.45, 2.75) is 71.1 Å². The Hall–Kier alpha value is -1.31. The summed E-state index contributed by atoms with van der Waals surface area (Å²) < 4.78 is 0. The predicted octanol–water partition coefficient (Wildman–Crippen LogP) is 6.15. The van der Waals surface area contributed by atoms with E-state index in [2.05, 4.69) is 37.8 Å². The summed E-state index contributed by atoms with van der Waals surface area (Å²) in [6.07, 6.45) is 21.9. The molecule has 0 aromatic rings. The highest BCUT2D eigenvalue weighted by atomic mass is 16.4. The second kappa shape index (κ2) is 12.2. The first kappa shape index (κ1) is 19.7. The SMILES string of the molecule is C=CCCC(C)CC=C[C@H]1CCC[C@@H]1CC=CCCCC(=O)O. The minimum Gasteiger partial charge on any atom is -0.481 e. The third kappa shape index (κ3) is 9.43. The van der Waals surface area contributed by atoms with Crippen LogP contribution >= 0.6 is 0 Å². The molecule has 0 aliphatic heterocycles. The monoisotopic (exact) mass is 318 g/mol. The van der Waals surface area contributed by atoms with Crippen molar-refractivity contribution in [1.29, 1.82) is 0 Å². The fourth-order valence-corrected chi connectivity index (χ4v) is 3.38. The summed E-state index contributed by atoms with van der Waals surface area (Å²) in [6.45, 7) is 6.11. The highest BCUT2D eigenvalue weighted by Gasteiger charge is 2.23. The summed E-state index contributed by atoms with van der Waals surface area (Å²) in [7, 11) is 0. The summed E-state index contributed by atoms with van der Waals surface area (Å²) in [5.41, 5.74) is 0. The molecule has 2 nitrogen and oxygen atoms in total. The summed E-state index contributed by atoms with van der Waals surface area (Å²) in [6, 6.07) is 0. The number of aliphatic carboxylic acids is 1. The number of rotatable bonds is 12. The Bertz CT molecular complexity index is 395. The molecule has 1 N–H and O–H groups in total. The van der Waals surface area contributed by atoms with E-state index in [1.807, 2.05) is 6.08 Å². The van der Waals surface area contributed by atoms with Gasteiger partial charge in [0, 0.05) is 6.42 Å². The number of hydrogen-bond acceptors (Lipinski definition) is 1. The molecule has 1 aliphatic rings. The van der Waals surface area contributed by atoms with E-state index in [9.17, 15) is 4.79 Å². The minimum absolute atomic E-state index is 0.281. The Labute approximate surface area is 142 Å². The maximum absolute atomic E-state index is 10.5. The van der Waals surface area contributed by atoms with E-state index in [1.54, 1.807) is 0 Å². The van der Waals surface area contributed by atoms with E-state index >= 15 is 0 Å². The molecular weight excluding hydrogens is 284 g/mol. The van der Waals surface area contributed by atoms with Crippen molar-refractivity contribution in [2.24, 2.45) is 17.8 Å². The number of carboxylic acid groups (broad SMARTS) is 1. The highest BCUT2D eigenvalue weighted by Crippen LogP contribution is 2.35. The largest absolute Gasteiger partial charge is 0.481 e. The Morgan fingerprint density at radius 2 is 2.09 bits per heavy atom. The van der Waals surface area contributed by atoms with Crippen molar-refractivity contribution in [3.05, 3.63) is 37.0 Å². The molecule has 0 radical (unpaired) electrons. The smallest absolute Gasteiger partial charge is 0.303 e. The van der Waals surface area contributed by atoms with Crippen LogP contribution in [0.5, 0.6) is 0 Å². The first-order valence-corrected chi connectivity index (χ1v) is 9.27. The highest BCUT2D eigenvalue weighted by molar-refractivity contribution is 5.66. The summed E-state index contributed by atoms with van der Waals surface area (Å²) in [5.74, 6) is 1.58. The quantitative estimate of drug-likeness (QED) is 0.346. The van der Waals surface area contributed by atoms with Crippen LogP contribution in [-0.2, 0) is 4.79 Å². The van der Waals surface area contributed by atoms with Gasteiger partial charge in [0.05, 0.1) is 0 Å². The zero-order valence-electron chi connectivity index (χ0n) is 14.8. The fourth-order valence-electron chi connectivity index (χ4n) is 3.38. The molecule has 0 spiro atoms. The van der Waals surface area contributed by atoms with Gasteiger partial charge in [0.25, 0.3) is 0 Å². The van der Waals surface area contributed by atoms with Crippen LogP contribution in [0, 0.1) is 17.8 Å². The van der Waals surface area contributed by atoms with Gasteiger partial charge in [0.2, 0.25) is 0 Å². The number of hydrogen-bond donors (Lipinski definition) is 1. The lowest BCUT2D eigenvalue weighted by Crippen LogP contribution is -2.04. The molecule has 0 saturated heterocycles. The van der Waals surface area contributed by atoms with Gasteiger partial charge in [-0.3, -0.25) is 4.79 Å². The summed E-state index contributed by atoms with van der Waals surface area (Å²) >= 11 is 0. The van der Waals surface area contributed by atoms with Gasteiger partial charge in [0.1, 0.15) is 0 Å². The summed E-state index contributed by atoms with van der Waals surface area (Å²) in [5, 5.41) is 8.61. The van der Waals surface area contributed by atoms with Crippen LogP contribution in [0.4, 0.5) is 0 Å². The average molecular weight is 319 g/mol. The Kier molecular flexibility index (Phi) is 10.4. The van der Waals surface area contributed by atoms with Gasteiger partial charge >= 0.3 is 5.97 Å². The van der Waals surface area contributed by atoms with Crippen LogP contribution in [-0.4, -0.2) is 11.1 Å². The van der Waals surface area contributed by atoms with Gasteiger partial charge in [-0.1, -0.05) is 43.7 Å². The van der Waals surface area contributed by atoms with Gasteiger partial charge in [-0.05, 0) is 69.1 Å². The van der Waals surface area contributed by atoms with E-state index in [-0.39, 0.29) is 6.42 Å². The van der Waals surface area contributed by atoms with Crippen molar-refractivity contribution in [2.75, 3.05) is 0 Å². The van der Waals surface area contributed by atoms with E-state index in [1.165, 1.54) is 32.1 Å². The number of unbranched alkanes of at least 4 members (excludes halogenated alkanes) is 1. The third-order valence-corrected chi connectivity index (χ3v) is 4.87. The predicted molar refractivity (Wildman–Crippen MR) is 98.4 cm³/mol. The molecule has 1 unspecified atom stereocenters. The first-order chi connectivity index (χ1) is 11.1. The Morgan fingerprint density at radius 3 is 2.83 bits per heavy atom. The molecule has 0 aromatic heterocycles. The Balaban J connectivity index is 2.23. The topological polar surface area (TPSA) is 37.3 Å². The van der Waals surface area contributed by atoms with Crippen LogP contribution in [0.1, 0.15) is 71.1 Å². The number of allylic oxidation sites excluding steroid dienone is 5. The molecule has 1 rings (SSSR count). The average Bonchev–Trinajstić information content (AvgIpc) is 2.96. The maximum Gasteiger partial charge on any atom is 0.303 e. The lowest BCUT2D eigenvalue weighted by Gasteiger charge is -2.14. The normalized spacial score (nSPS) is 22.8. The zero-order valence-corrected chi connectivity index (χ0v) is 14.8. The maximum atomic E-state index is 10.5. The molecule has 1 saturated carbocycles. The van der Waals surface area contributed by atoms with E-state index in [0.29, 0.717) is 0 Å². The van der Waals surface area contributed by atoms with Gasteiger partial charge < -0.3 is 5.11 Å². The van der Waals surface area contributed by atoms with E-state index in [4.69, 9.17) is 5.11 Å². The van der Waals surface area contributed by atoms with Crippen molar-refractivity contribution in [3.8, 4) is 0 Å². The van der Waals surface area contributed by atoms with Crippen LogP contribution < -0.4 is 0 Å². The van der Waals surface area contributed by atoms with Gasteiger partial charge in [-0.15, -0.1) is 6.58 Å². The van der Waals surface area contributed by atoms with Crippen LogP contribution in [0.2, 0.25) is 0 Å². The molecule has 0 amide bonds. The van der Waals surface area contributed by atoms with Gasteiger partial charge in [-0.25, -0.2) is 0 Å². The molecule has 0 aromatic carbocycles. The number of carboxylic acids is 1. The Morgan fingerprint density at radius 1 is 1.26 bits per heavy atom. The lowest BCUT2D eigenvalue weighted by molar-refractivity contribution is -0.137. The summed E-state index contributed by atoms with van der Waals surface area (Å²) in [4.78, 5) is 10.5. The molecule has 3 atom stereocenters. The second-order valence-electron chi connectivity index (χ2n) is 6.98. The van der Waals surface area contributed by atoms with Crippen molar-refractivity contribution in [3.63, 3.8) is 0 Å². The van der Waals surface area contributed by atoms with E-state index in [0.717, 1.165) is 43.4 Å². The molecule has 1 aliphatic carbocycles. The van der Waals surface area contributed by atoms with Crippen molar-refractivity contribution in [1.82, 2.24) is 0 Å². The molecule has 23 heavy (non-hydrogen) atoms. The second-order valence-corrected chi connectivity index (χ2v) is 6.98. The third-order valence-electron chi connectivity index (χ3n) is 4.87. The van der Waals surface area contributed by atoms with Gasteiger partial charge in [-0.2, -0.15) is 0 Å². The molecule has 2 heteroatoms. The van der Waals surface area contributed by atoms with Crippen molar-refractivity contribution < 1.29 is 9.90 Å². The zero-order chi connectivity index (χ0) is 16.9. The molecular formula is C21H34O2. The fraction of sp³-hybridized carbons (Fsp3) is 0.667. The van der Waals surface area contributed by atoms with Crippen LogP contribution in [0.15, 0.2) is 37.0 Å². The van der Waals surface area contributed by atoms with Crippen LogP contribution in [0.3, 0.4) is 0 Å². The van der Waals surface area contributed by atoms with Gasteiger partial charge in [0.15, 0.2) is 0 Å². The standard InChI is InChI=1S/C21H34O2/c1-3-4-11-18(2)12-9-14-20-16-10-15-19(20)13-7-5-6-8-17-21(22)23/h3,5,7,9,14,18-20H,1,4,6,8,10-13,15-17H2,2H3,(H,22,23)/t18?,19-,20-/m0/s1. The molecule has 0 heterocycles. The minimum atomic E-state index is -0.693. The molecule has 0 bridgehead atoms. The lowest BCUT2D eigenvalue weighted by atomic mass is 9.91. The van der Waals surface area contributed by atoms with E-state index < -0.39 is 5.97 Å².